The minimum absolute atomic E-state index is 0.605. The van der Waals surface area contributed by atoms with Crippen LogP contribution in [0.2, 0.25) is 0 Å². The van der Waals surface area contributed by atoms with Gasteiger partial charge in [-0.15, -0.1) is 0 Å². The molecule has 1 heterocycles. The van der Waals surface area contributed by atoms with E-state index in [1.807, 2.05) is 12.4 Å². The van der Waals surface area contributed by atoms with Gasteiger partial charge in [-0.1, -0.05) is 20.3 Å². The molecule has 0 aromatic carbocycles. The van der Waals surface area contributed by atoms with Gasteiger partial charge >= 0.3 is 0 Å². The highest BCUT2D eigenvalue weighted by Gasteiger charge is 2.26. The van der Waals surface area contributed by atoms with Gasteiger partial charge in [-0.2, -0.15) is 11.8 Å². The fourth-order valence-electron chi connectivity index (χ4n) is 2.60. The Hall–Kier alpha value is -0.900. The molecule has 0 spiro atoms. The van der Waals surface area contributed by atoms with Crippen molar-refractivity contribution in [1.82, 2.24) is 4.98 Å². The zero-order valence-electron chi connectivity index (χ0n) is 12.0. The molecule has 0 bridgehead atoms. The van der Waals surface area contributed by atoms with Crippen LogP contribution in [0.4, 0.5) is 11.4 Å². The van der Waals surface area contributed by atoms with Crippen LogP contribution >= 0.6 is 11.8 Å². The predicted molar refractivity (Wildman–Crippen MR) is 86.2 cm³/mol. The molecule has 4 heteroatoms. The third kappa shape index (κ3) is 4.30. The molecule has 2 atom stereocenters. The van der Waals surface area contributed by atoms with E-state index in [4.69, 9.17) is 0 Å². The Bertz CT molecular complexity index is 383. The molecule has 0 aliphatic heterocycles. The van der Waals surface area contributed by atoms with Crippen LogP contribution < -0.4 is 10.6 Å². The summed E-state index contributed by atoms with van der Waals surface area (Å²) >= 11 is 2.09. The number of nitrogens with one attached hydrogen (secondary N) is 2. The lowest BCUT2D eigenvalue weighted by Crippen LogP contribution is -2.26. The van der Waals surface area contributed by atoms with Gasteiger partial charge < -0.3 is 10.6 Å². The molecular weight excluding hydrogens is 254 g/mol. The molecule has 1 fully saturated rings. The van der Waals surface area contributed by atoms with Gasteiger partial charge in [-0.05, 0) is 31.1 Å². The van der Waals surface area contributed by atoms with Gasteiger partial charge in [0.1, 0.15) is 0 Å². The summed E-state index contributed by atoms with van der Waals surface area (Å²) < 4.78 is 0. The Morgan fingerprint density at radius 2 is 2.11 bits per heavy atom. The zero-order chi connectivity index (χ0) is 13.5. The highest BCUT2D eigenvalue weighted by molar-refractivity contribution is 7.99. The fourth-order valence-corrected chi connectivity index (χ4v) is 3.80. The second kappa shape index (κ2) is 7.63. The first-order chi connectivity index (χ1) is 9.33. The van der Waals surface area contributed by atoms with Crippen LogP contribution in [0.1, 0.15) is 39.5 Å². The molecule has 0 amide bonds. The van der Waals surface area contributed by atoms with Gasteiger partial charge in [0.15, 0.2) is 0 Å². The number of pyridine rings is 1. The zero-order valence-corrected chi connectivity index (χ0v) is 12.8. The smallest absolute Gasteiger partial charge is 0.0549 e. The van der Waals surface area contributed by atoms with E-state index in [0.29, 0.717) is 6.04 Å². The number of rotatable bonds is 7. The first kappa shape index (κ1) is 14.5. The van der Waals surface area contributed by atoms with Gasteiger partial charge in [0.25, 0.3) is 0 Å². The third-order valence-electron chi connectivity index (χ3n) is 3.50. The molecule has 106 valence electrons. The van der Waals surface area contributed by atoms with Crippen molar-refractivity contribution < 1.29 is 0 Å². The number of thioether (sulfide) groups is 1. The van der Waals surface area contributed by atoms with Crippen molar-refractivity contribution in [3.05, 3.63) is 18.5 Å². The Morgan fingerprint density at radius 1 is 1.26 bits per heavy atom. The van der Waals surface area contributed by atoms with Crippen molar-refractivity contribution in [2.75, 3.05) is 22.9 Å². The molecule has 1 aliphatic rings. The average Bonchev–Trinajstić information content (AvgIpc) is 2.85. The number of anilines is 2. The van der Waals surface area contributed by atoms with Crippen LogP contribution in [0, 0.1) is 0 Å². The lowest BCUT2D eigenvalue weighted by molar-refractivity contribution is 0.767. The second-order valence-corrected chi connectivity index (χ2v) is 6.58. The molecule has 3 nitrogen and oxygen atoms in total. The van der Waals surface area contributed by atoms with Crippen LogP contribution in [0.5, 0.6) is 0 Å². The Labute approximate surface area is 121 Å². The molecule has 1 aromatic heterocycles. The van der Waals surface area contributed by atoms with E-state index in [2.05, 4.69) is 47.3 Å². The monoisotopic (exact) mass is 279 g/mol. The van der Waals surface area contributed by atoms with Crippen LogP contribution in [0.3, 0.4) is 0 Å². The normalized spacial score (nSPS) is 22.4. The van der Waals surface area contributed by atoms with Gasteiger partial charge in [-0.25, -0.2) is 0 Å². The van der Waals surface area contributed by atoms with E-state index < -0.39 is 0 Å². The fraction of sp³-hybridized carbons (Fsp3) is 0.667. The Balaban J connectivity index is 1.94. The molecule has 1 aromatic rings. The third-order valence-corrected chi connectivity index (χ3v) is 4.83. The molecule has 1 saturated carbocycles. The molecule has 1 aliphatic carbocycles. The standard InChI is InChI=1S/C15H25N3S/c1-3-8-17-12-9-13(11-16-10-12)18-14-6-5-7-15(14)19-4-2/h9-11,14-15,17-18H,3-8H2,1-2H3. The maximum Gasteiger partial charge on any atom is 0.0549 e. The summed E-state index contributed by atoms with van der Waals surface area (Å²) in [6.45, 7) is 5.42. The van der Waals surface area contributed by atoms with Crippen LogP contribution in [0.25, 0.3) is 0 Å². The maximum atomic E-state index is 4.32. The van der Waals surface area contributed by atoms with E-state index in [1.54, 1.807) is 0 Å². The van der Waals surface area contributed by atoms with Crippen LogP contribution in [0.15, 0.2) is 18.5 Å². The Kier molecular flexibility index (Phi) is 5.83. The van der Waals surface area contributed by atoms with E-state index in [1.165, 1.54) is 25.0 Å². The van der Waals surface area contributed by atoms with Gasteiger partial charge in [0.2, 0.25) is 0 Å². The minimum atomic E-state index is 0.605. The lowest BCUT2D eigenvalue weighted by atomic mass is 10.2. The van der Waals surface area contributed by atoms with Crippen molar-refractivity contribution in [2.24, 2.45) is 0 Å². The van der Waals surface area contributed by atoms with Crippen LogP contribution in [-0.4, -0.2) is 28.6 Å². The summed E-state index contributed by atoms with van der Waals surface area (Å²) in [5.74, 6) is 1.21. The van der Waals surface area contributed by atoms with E-state index in [0.717, 1.165) is 29.6 Å². The molecule has 0 radical (unpaired) electrons. The van der Waals surface area contributed by atoms with Crippen molar-refractivity contribution in [2.45, 2.75) is 50.8 Å². The van der Waals surface area contributed by atoms with E-state index in [9.17, 15) is 0 Å². The highest BCUT2D eigenvalue weighted by Crippen LogP contribution is 2.32. The van der Waals surface area contributed by atoms with Crippen molar-refractivity contribution in [1.29, 1.82) is 0 Å². The van der Waals surface area contributed by atoms with Gasteiger partial charge in [0.05, 0.1) is 23.8 Å². The van der Waals surface area contributed by atoms with Crippen molar-refractivity contribution in [3.8, 4) is 0 Å². The van der Waals surface area contributed by atoms with E-state index >= 15 is 0 Å². The molecule has 2 N–H and O–H groups in total. The molecular formula is C15H25N3S. The Morgan fingerprint density at radius 3 is 2.89 bits per heavy atom. The van der Waals surface area contributed by atoms with E-state index in [-0.39, 0.29) is 0 Å². The molecule has 2 unspecified atom stereocenters. The number of hydrogen-bond donors (Lipinski definition) is 2. The first-order valence-electron chi connectivity index (χ1n) is 7.40. The largest absolute Gasteiger partial charge is 0.384 e. The number of hydrogen-bond acceptors (Lipinski definition) is 4. The summed E-state index contributed by atoms with van der Waals surface area (Å²) in [6, 6.07) is 2.78. The van der Waals surface area contributed by atoms with Gasteiger partial charge in [0, 0.05) is 17.8 Å². The van der Waals surface area contributed by atoms with Crippen molar-refractivity contribution in [3.63, 3.8) is 0 Å². The quantitative estimate of drug-likeness (QED) is 0.791. The molecule has 2 rings (SSSR count). The predicted octanol–water partition coefficient (Wildman–Crippen LogP) is 3.99. The second-order valence-electron chi connectivity index (χ2n) is 5.06. The first-order valence-corrected chi connectivity index (χ1v) is 8.45. The average molecular weight is 279 g/mol. The minimum Gasteiger partial charge on any atom is -0.384 e. The summed E-state index contributed by atoms with van der Waals surface area (Å²) in [5.41, 5.74) is 2.26. The number of nitrogens with zero attached hydrogens (tertiary/aromatic N) is 1. The van der Waals surface area contributed by atoms with Gasteiger partial charge in [-0.3, -0.25) is 4.98 Å². The SMILES string of the molecule is CCCNc1cncc(NC2CCCC2SCC)c1. The van der Waals surface area contributed by atoms with Crippen molar-refractivity contribution >= 4 is 23.1 Å². The number of aromatic nitrogens is 1. The summed E-state index contributed by atoms with van der Waals surface area (Å²) in [4.78, 5) is 4.32. The van der Waals surface area contributed by atoms with Crippen LogP contribution in [-0.2, 0) is 0 Å². The summed E-state index contributed by atoms with van der Waals surface area (Å²) in [6.07, 6.45) is 8.94. The maximum absolute atomic E-state index is 4.32. The molecule has 19 heavy (non-hydrogen) atoms. The summed E-state index contributed by atoms with van der Waals surface area (Å²) in [5, 5.41) is 7.82. The summed E-state index contributed by atoms with van der Waals surface area (Å²) in [7, 11) is 0. The highest BCUT2D eigenvalue weighted by atomic mass is 32.2. The molecule has 0 saturated heterocycles. The topological polar surface area (TPSA) is 37.0 Å². The lowest BCUT2D eigenvalue weighted by Gasteiger charge is -2.21.